The van der Waals surface area contributed by atoms with Gasteiger partial charge in [0, 0.05) is 32.0 Å². The predicted octanol–water partition coefficient (Wildman–Crippen LogP) is 6.43. The summed E-state index contributed by atoms with van der Waals surface area (Å²) in [6.45, 7) is 3.82. The Morgan fingerprint density at radius 2 is 1.77 bits per heavy atom. The van der Waals surface area contributed by atoms with Gasteiger partial charge in [-0.3, -0.25) is 24.2 Å². The Kier molecular flexibility index (Phi) is 10.3. The summed E-state index contributed by atoms with van der Waals surface area (Å²) in [4.78, 5) is 39.2. The van der Waals surface area contributed by atoms with E-state index in [2.05, 4.69) is 11.0 Å². The maximum Gasteiger partial charge on any atom is 0.305 e. The van der Waals surface area contributed by atoms with Crippen molar-refractivity contribution in [2.75, 3.05) is 19.7 Å². The van der Waals surface area contributed by atoms with Crippen LogP contribution >= 0.6 is 23.2 Å². The summed E-state index contributed by atoms with van der Waals surface area (Å²) in [7, 11) is 0. The molecule has 39 heavy (non-hydrogen) atoms. The van der Waals surface area contributed by atoms with Gasteiger partial charge < -0.3 is 9.84 Å². The molecule has 1 N–H and O–H groups in total. The zero-order chi connectivity index (χ0) is 27.9. The van der Waals surface area contributed by atoms with Gasteiger partial charge in [-0.1, -0.05) is 60.7 Å². The van der Waals surface area contributed by atoms with Crippen LogP contribution in [0.4, 0.5) is 0 Å². The molecule has 1 aliphatic carbocycles. The zero-order valence-corrected chi connectivity index (χ0v) is 23.8. The zero-order valence-electron chi connectivity index (χ0n) is 22.3. The number of benzene rings is 2. The van der Waals surface area contributed by atoms with Crippen LogP contribution in [0, 0.1) is 12.8 Å². The number of carbonyl (C=O) groups is 3. The number of nitrogens with zero attached hydrogens (tertiary/aromatic N) is 2. The number of imide groups is 1. The highest BCUT2D eigenvalue weighted by Crippen LogP contribution is 2.34. The first kappa shape index (κ1) is 29.4. The van der Waals surface area contributed by atoms with Gasteiger partial charge >= 0.3 is 5.97 Å². The molecule has 4 rings (SSSR count). The number of aryl methyl sites for hydroxylation is 1. The van der Waals surface area contributed by atoms with E-state index >= 15 is 0 Å². The Balaban J connectivity index is 1.51. The topological polar surface area (TPSA) is 87.2 Å². The Hall–Kier alpha value is -2.61. The van der Waals surface area contributed by atoms with Gasteiger partial charge in [0.25, 0.3) is 0 Å². The molecule has 0 aromatic heterocycles. The Bertz CT molecular complexity index is 1180. The van der Waals surface area contributed by atoms with Crippen LogP contribution in [0.15, 0.2) is 36.4 Å². The Morgan fingerprint density at radius 1 is 1.05 bits per heavy atom. The second-order valence-corrected chi connectivity index (χ2v) is 11.4. The minimum Gasteiger partial charge on any atom is -0.491 e. The molecule has 0 radical (unpaired) electrons. The van der Waals surface area contributed by atoms with Crippen molar-refractivity contribution in [1.29, 1.82) is 0 Å². The van der Waals surface area contributed by atoms with Crippen LogP contribution in [-0.2, 0) is 20.9 Å². The molecule has 1 aliphatic heterocycles. The molecule has 1 heterocycles. The second kappa shape index (κ2) is 13.6. The van der Waals surface area contributed by atoms with Crippen molar-refractivity contribution in [3.05, 3.63) is 63.1 Å². The van der Waals surface area contributed by atoms with Crippen LogP contribution in [0.1, 0.15) is 74.1 Å². The number of hydrogen-bond acceptors (Lipinski definition) is 5. The van der Waals surface area contributed by atoms with E-state index in [0.717, 1.165) is 36.1 Å². The largest absolute Gasteiger partial charge is 0.491 e. The molecule has 2 aromatic carbocycles. The molecule has 210 valence electrons. The number of halogens is 2. The Morgan fingerprint density at radius 3 is 2.41 bits per heavy atom. The van der Waals surface area contributed by atoms with Crippen LogP contribution in [-0.4, -0.2) is 52.4 Å². The van der Waals surface area contributed by atoms with Crippen molar-refractivity contribution < 1.29 is 24.2 Å². The fraction of sp³-hybridized carbons (Fsp3) is 0.500. The Labute approximate surface area is 240 Å². The summed E-state index contributed by atoms with van der Waals surface area (Å²) in [5, 5.41) is 10.7. The highest BCUT2D eigenvalue weighted by Gasteiger charge is 2.29. The van der Waals surface area contributed by atoms with E-state index in [1.807, 2.05) is 25.1 Å². The highest BCUT2D eigenvalue weighted by atomic mass is 35.5. The molecule has 2 fully saturated rings. The van der Waals surface area contributed by atoms with Gasteiger partial charge in [-0.05, 0) is 60.6 Å². The molecule has 1 saturated carbocycles. The number of aliphatic carboxylic acids is 1. The van der Waals surface area contributed by atoms with Crippen molar-refractivity contribution in [3.8, 4) is 5.75 Å². The van der Waals surface area contributed by atoms with Gasteiger partial charge in [0.05, 0.1) is 23.0 Å². The standard InChI is InChI=1S/C30H36Cl2N2O5/c1-20-15-22(7-10-27(20)39-14-13-34-28(35)11-12-29(34)36)19-33(18-21-5-3-2-4-6-21)26(17-30(37)38)23-8-9-24(31)25(32)16-23/h7-10,15-16,21,26H,2-6,11-14,17-19H2,1H3,(H,37,38). The van der Waals surface area contributed by atoms with Crippen LogP contribution in [0.2, 0.25) is 10.0 Å². The lowest BCUT2D eigenvalue weighted by Crippen LogP contribution is -2.35. The minimum absolute atomic E-state index is 0.0429. The van der Waals surface area contributed by atoms with Crippen molar-refractivity contribution in [3.63, 3.8) is 0 Å². The second-order valence-electron chi connectivity index (χ2n) is 10.6. The number of rotatable bonds is 12. The predicted molar refractivity (Wildman–Crippen MR) is 151 cm³/mol. The minimum atomic E-state index is -0.866. The smallest absolute Gasteiger partial charge is 0.305 e. The fourth-order valence-electron chi connectivity index (χ4n) is 5.67. The van der Waals surface area contributed by atoms with E-state index in [9.17, 15) is 19.5 Å². The number of amides is 2. The number of ether oxygens (including phenoxy) is 1. The quantitative estimate of drug-likeness (QED) is 0.294. The van der Waals surface area contributed by atoms with E-state index in [-0.39, 0.29) is 50.3 Å². The van der Waals surface area contributed by atoms with Crippen LogP contribution in [0.25, 0.3) is 0 Å². The van der Waals surface area contributed by atoms with Gasteiger partial charge in [0.2, 0.25) is 11.8 Å². The lowest BCUT2D eigenvalue weighted by Gasteiger charge is -2.36. The third kappa shape index (κ3) is 7.96. The van der Waals surface area contributed by atoms with E-state index < -0.39 is 5.97 Å². The third-order valence-corrected chi connectivity index (χ3v) is 8.45. The van der Waals surface area contributed by atoms with Crippen LogP contribution < -0.4 is 4.74 Å². The summed E-state index contributed by atoms with van der Waals surface area (Å²) < 4.78 is 5.91. The molecule has 0 spiro atoms. The van der Waals surface area contributed by atoms with E-state index in [0.29, 0.717) is 28.3 Å². The lowest BCUT2D eigenvalue weighted by atomic mass is 9.88. The van der Waals surface area contributed by atoms with Crippen molar-refractivity contribution >= 4 is 41.0 Å². The number of carbonyl (C=O) groups excluding carboxylic acids is 2. The van der Waals surface area contributed by atoms with Crippen LogP contribution in [0.5, 0.6) is 5.75 Å². The van der Waals surface area contributed by atoms with Crippen molar-refractivity contribution in [2.24, 2.45) is 5.92 Å². The summed E-state index contributed by atoms with van der Waals surface area (Å²) in [5.41, 5.74) is 2.83. The first-order chi connectivity index (χ1) is 18.7. The van der Waals surface area contributed by atoms with Crippen molar-refractivity contribution in [1.82, 2.24) is 9.80 Å². The molecule has 2 aliphatic rings. The molecular weight excluding hydrogens is 539 g/mol. The number of likely N-dealkylation sites (tertiary alicyclic amines) is 1. The van der Waals surface area contributed by atoms with Gasteiger partial charge in [0.1, 0.15) is 12.4 Å². The molecule has 1 saturated heterocycles. The molecule has 2 aromatic rings. The summed E-state index contributed by atoms with van der Waals surface area (Å²) in [5.74, 6) is 0.0496. The molecule has 1 atom stereocenters. The molecule has 7 nitrogen and oxygen atoms in total. The van der Waals surface area contributed by atoms with E-state index in [1.165, 1.54) is 24.2 Å². The van der Waals surface area contributed by atoms with Gasteiger partial charge in [0.15, 0.2) is 0 Å². The van der Waals surface area contributed by atoms with Gasteiger partial charge in [-0.2, -0.15) is 0 Å². The molecule has 9 heteroatoms. The fourth-order valence-corrected chi connectivity index (χ4v) is 5.98. The monoisotopic (exact) mass is 574 g/mol. The highest BCUT2D eigenvalue weighted by molar-refractivity contribution is 6.42. The van der Waals surface area contributed by atoms with Gasteiger partial charge in [-0.15, -0.1) is 0 Å². The van der Waals surface area contributed by atoms with Gasteiger partial charge in [-0.25, -0.2) is 0 Å². The molecule has 1 unspecified atom stereocenters. The number of hydrogen-bond donors (Lipinski definition) is 1. The maximum absolute atomic E-state index is 12.0. The molecule has 2 amide bonds. The first-order valence-corrected chi connectivity index (χ1v) is 14.4. The summed E-state index contributed by atoms with van der Waals surface area (Å²) in [6.07, 6.45) is 6.45. The average molecular weight is 576 g/mol. The number of carboxylic acid groups (broad SMARTS) is 1. The van der Waals surface area contributed by atoms with Crippen LogP contribution in [0.3, 0.4) is 0 Å². The first-order valence-electron chi connectivity index (χ1n) is 13.7. The number of carboxylic acids is 1. The summed E-state index contributed by atoms with van der Waals surface area (Å²) in [6, 6.07) is 11.0. The SMILES string of the molecule is Cc1cc(CN(CC2CCCCC2)C(CC(=O)O)c2ccc(Cl)c(Cl)c2)ccc1OCCN1C(=O)CCC1=O. The lowest BCUT2D eigenvalue weighted by molar-refractivity contribution is -0.140. The maximum atomic E-state index is 12.0. The third-order valence-electron chi connectivity index (χ3n) is 7.71. The average Bonchev–Trinajstić information content (AvgIpc) is 3.22. The molecule has 0 bridgehead atoms. The van der Waals surface area contributed by atoms with E-state index in [1.54, 1.807) is 12.1 Å². The van der Waals surface area contributed by atoms with E-state index in [4.69, 9.17) is 27.9 Å². The normalized spacial score (nSPS) is 17.2. The summed E-state index contributed by atoms with van der Waals surface area (Å²) >= 11 is 12.5. The van der Waals surface area contributed by atoms with Crippen molar-refractivity contribution in [2.45, 2.75) is 70.9 Å². The molecular formula is C30H36Cl2N2O5.